The van der Waals surface area contributed by atoms with E-state index in [1.54, 1.807) is 32.9 Å². The molecule has 0 aliphatic rings. The Morgan fingerprint density at radius 2 is 1.56 bits per heavy atom. The molecule has 0 saturated carbocycles. The van der Waals surface area contributed by atoms with Gasteiger partial charge in [-0.2, -0.15) is 0 Å². The summed E-state index contributed by atoms with van der Waals surface area (Å²) in [5.41, 5.74) is 0.699. The van der Waals surface area contributed by atoms with Crippen molar-refractivity contribution in [3.8, 4) is 11.1 Å². The molecule has 0 saturated heterocycles. The summed E-state index contributed by atoms with van der Waals surface area (Å²) in [6, 6.07) is 10.9. The highest BCUT2D eigenvalue weighted by Crippen LogP contribution is 2.31. The summed E-state index contributed by atoms with van der Waals surface area (Å²) in [4.78, 5) is 47.8. The number of nitrogens with one attached hydrogen (secondary N) is 3. The van der Waals surface area contributed by atoms with E-state index in [0.717, 1.165) is 5.56 Å². The largest absolute Gasteiger partial charge is 0.480 e. The van der Waals surface area contributed by atoms with Gasteiger partial charge in [-0.15, -0.1) is 0 Å². The van der Waals surface area contributed by atoms with Crippen LogP contribution in [0, 0.1) is 0 Å². The number of hydrogen-bond donors (Lipinski definition) is 4. The van der Waals surface area contributed by atoms with Crippen molar-refractivity contribution < 1.29 is 29.0 Å². The minimum Gasteiger partial charge on any atom is -0.480 e. The van der Waals surface area contributed by atoms with Crippen molar-refractivity contribution in [2.45, 2.75) is 32.4 Å². The number of carbonyl (C=O) groups excluding carboxylic acids is 3. The van der Waals surface area contributed by atoms with E-state index in [2.05, 4.69) is 16.0 Å². The van der Waals surface area contributed by atoms with Crippen LogP contribution in [0.1, 0.15) is 31.1 Å². The number of alkyl carbamates (subject to hydrolysis) is 1. The van der Waals surface area contributed by atoms with Crippen LogP contribution in [0.2, 0.25) is 10.0 Å². The summed E-state index contributed by atoms with van der Waals surface area (Å²) in [7, 11) is 0. The van der Waals surface area contributed by atoms with E-state index in [0.29, 0.717) is 5.56 Å². The first kappa shape index (κ1) is 26.9. The van der Waals surface area contributed by atoms with E-state index < -0.39 is 48.6 Å². The molecule has 0 bridgehead atoms. The molecule has 0 aliphatic carbocycles. The highest BCUT2D eigenvalue weighted by atomic mass is 35.5. The summed E-state index contributed by atoms with van der Waals surface area (Å²) in [6.45, 7) is 4.13. The van der Waals surface area contributed by atoms with Crippen LogP contribution in [0.4, 0.5) is 4.79 Å². The van der Waals surface area contributed by atoms with Gasteiger partial charge in [-0.25, -0.2) is 9.59 Å². The van der Waals surface area contributed by atoms with Gasteiger partial charge in [0.2, 0.25) is 5.91 Å². The van der Waals surface area contributed by atoms with E-state index in [4.69, 9.17) is 27.9 Å². The molecule has 34 heavy (non-hydrogen) atoms. The lowest BCUT2D eigenvalue weighted by Crippen LogP contribution is -2.50. The lowest BCUT2D eigenvalue weighted by atomic mass is 10.0. The molecule has 4 N–H and O–H groups in total. The highest BCUT2D eigenvalue weighted by molar-refractivity contribution is 6.40. The third kappa shape index (κ3) is 8.24. The van der Waals surface area contributed by atoms with Gasteiger partial charge in [-0.05, 0) is 44.0 Å². The SMILES string of the molecule is CC(C)(C)OC(=O)NCC(=O)NCC(NC(=O)c1c(Cl)cc(-c2ccccc2)cc1Cl)C(=O)O. The molecule has 0 aliphatic heterocycles. The van der Waals surface area contributed by atoms with Crippen LogP contribution in [0.5, 0.6) is 0 Å². The van der Waals surface area contributed by atoms with E-state index in [1.165, 1.54) is 0 Å². The van der Waals surface area contributed by atoms with Crippen molar-refractivity contribution in [1.82, 2.24) is 16.0 Å². The highest BCUT2D eigenvalue weighted by Gasteiger charge is 2.25. The van der Waals surface area contributed by atoms with Crippen molar-refractivity contribution in [2.24, 2.45) is 0 Å². The van der Waals surface area contributed by atoms with Crippen LogP contribution in [0.25, 0.3) is 11.1 Å². The van der Waals surface area contributed by atoms with Crippen molar-refractivity contribution in [1.29, 1.82) is 0 Å². The van der Waals surface area contributed by atoms with Crippen LogP contribution < -0.4 is 16.0 Å². The standard InChI is InChI=1S/C23H25Cl2N3O6/c1-23(2,3)34-22(33)27-12-18(29)26-11-17(21(31)32)28-20(30)19-15(24)9-14(10-16(19)25)13-7-5-4-6-8-13/h4-10,17H,11-12H2,1-3H3,(H,26,29)(H,27,33)(H,28,30)(H,31,32). The smallest absolute Gasteiger partial charge is 0.408 e. The molecule has 0 spiro atoms. The number of aliphatic carboxylic acids is 1. The van der Waals surface area contributed by atoms with Crippen molar-refractivity contribution in [3.05, 3.63) is 58.1 Å². The summed E-state index contributed by atoms with van der Waals surface area (Å²) in [6.07, 6.45) is -0.797. The number of ether oxygens (including phenoxy) is 1. The molecule has 2 rings (SSSR count). The molecular weight excluding hydrogens is 485 g/mol. The summed E-state index contributed by atoms with van der Waals surface area (Å²) < 4.78 is 5.01. The number of amides is 3. The minimum atomic E-state index is -1.47. The van der Waals surface area contributed by atoms with E-state index >= 15 is 0 Å². The number of halogens is 2. The molecule has 0 heterocycles. The maximum atomic E-state index is 12.7. The third-order valence-electron chi connectivity index (χ3n) is 4.28. The Labute approximate surface area is 206 Å². The van der Waals surface area contributed by atoms with Gasteiger partial charge in [0.25, 0.3) is 5.91 Å². The molecule has 1 atom stereocenters. The second-order valence-corrected chi connectivity index (χ2v) is 9.02. The average molecular weight is 510 g/mol. The van der Waals surface area contributed by atoms with Gasteiger partial charge in [0.15, 0.2) is 0 Å². The number of hydrogen-bond acceptors (Lipinski definition) is 5. The van der Waals surface area contributed by atoms with Crippen molar-refractivity contribution in [3.63, 3.8) is 0 Å². The Morgan fingerprint density at radius 1 is 0.971 bits per heavy atom. The Balaban J connectivity index is 2.00. The lowest BCUT2D eigenvalue weighted by molar-refractivity contribution is -0.139. The second kappa shape index (κ2) is 11.7. The van der Waals surface area contributed by atoms with Crippen LogP contribution in [-0.4, -0.2) is 53.7 Å². The Morgan fingerprint density at radius 3 is 2.09 bits per heavy atom. The molecule has 11 heteroatoms. The van der Waals surface area contributed by atoms with Gasteiger partial charge in [0, 0.05) is 6.54 Å². The van der Waals surface area contributed by atoms with Crippen LogP contribution in [0.3, 0.4) is 0 Å². The molecule has 2 aromatic carbocycles. The van der Waals surface area contributed by atoms with Gasteiger partial charge in [0.1, 0.15) is 11.6 Å². The number of rotatable bonds is 8. The number of benzene rings is 2. The van der Waals surface area contributed by atoms with E-state index in [9.17, 15) is 24.3 Å². The van der Waals surface area contributed by atoms with Gasteiger partial charge < -0.3 is 25.8 Å². The van der Waals surface area contributed by atoms with Gasteiger partial charge in [0.05, 0.1) is 22.2 Å². The molecule has 0 radical (unpaired) electrons. The maximum Gasteiger partial charge on any atom is 0.408 e. The Kier molecular flexibility index (Phi) is 9.28. The van der Waals surface area contributed by atoms with Gasteiger partial charge in [-0.3, -0.25) is 9.59 Å². The first-order chi connectivity index (χ1) is 15.9. The van der Waals surface area contributed by atoms with Crippen LogP contribution >= 0.6 is 23.2 Å². The fraction of sp³-hybridized carbons (Fsp3) is 0.304. The third-order valence-corrected chi connectivity index (χ3v) is 4.87. The predicted octanol–water partition coefficient (Wildman–Crippen LogP) is 3.48. The lowest BCUT2D eigenvalue weighted by Gasteiger charge is -2.20. The first-order valence-electron chi connectivity index (χ1n) is 10.2. The molecule has 0 aromatic heterocycles. The van der Waals surface area contributed by atoms with Gasteiger partial charge in [-0.1, -0.05) is 53.5 Å². The normalized spacial score (nSPS) is 11.8. The molecule has 182 valence electrons. The van der Waals surface area contributed by atoms with Crippen molar-refractivity contribution in [2.75, 3.05) is 13.1 Å². The molecule has 0 fully saturated rings. The second-order valence-electron chi connectivity index (χ2n) is 8.20. The van der Waals surface area contributed by atoms with E-state index in [1.807, 2.05) is 30.3 Å². The zero-order valence-corrected chi connectivity index (χ0v) is 20.3. The van der Waals surface area contributed by atoms with E-state index in [-0.39, 0.29) is 15.6 Å². The fourth-order valence-electron chi connectivity index (χ4n) is 2.76. The quantitative estimate of drug-likeness (QED) is 0.430. The summed E-state index contributed by atoms with van der Waals surface area (Å²) in [5, 5.41) is 16.4. The van der Waals surface area contributed by atoms with Crippen molar-refractivity contribution >= 4 is 47.1 Å². The molecule has 3 amide bonds. The zero-order chi connectivity index (χ0) is 25.5. The van der Waals surface area contributed by atoms with Crippen LogP contribution in [0.15, 0.2) is 42.5 Å². The number of carboxylic acids is 1. The Bertz CT molecular complexity index is 1050. The molecular formula is C23H25Cl2N3O6. The predicted molar refractivity (Wildman–Crippen MR) is 128 cm³/mol. The summed E-state index contributed by atoms with van der Waals surface area (Å²) >= 11 is 12.5. The number of carbonyl (C=O) groups is 4. The summed E-state index contributed by atoms with van der Waals surface area (Å²) in [5.74, 6) is -2.88. The average Bonchev–Trinajstić information content (AvgIpc) is 2.73. The maximum absolute atomic E-state index is 12.7. The topological polar surface area (TPSA) is 134 Å². The Hall–Kier alpha value is -3.30. The fourth-order valence-corrected chi connectivity index (χ4v) is 3.42. The van der Waals surface area contributed by atoms with Gasteiger partial charge >= 0.3 is 12.1 Å². The monoisotopic (exact) mass is 509 g/mol. The number of carboxylic acid groups (broad SMARTS) is 1. The van der Waals surface area contributed by atoms with Crippen LogP contribution in [-0.2, 0) is 14.3 Å². The molecule has 2 aromatic rings. The first-order valence-corrected chi connectivity index (χ1v) is 10.9. The molecule has 9 nitrogen and oxygen atoms in total. The zero-order valence-electron chi connectivity index (χ0n) is 18.8. The molecule has 1 unspecified atom stereocenters. The minimum absolute atomic E-state index is 0.0404.